The van der Waals surface area contributed by atoms with Gasteiger partial charge >= 0.3 is 0 Å². The Morgan fingerprint density at radius 3 is 1.08 bits per heavy atom. The number of hydrogen-bond acceptors (Lipinski definition) is 10. The van der Waals surface area contributed by atoms with Gasteiger partial charge in [0.05, 0.1) is 19.8 Å². The Bertz CT molecular complexity index is 1520. The maximum atomic E-state index is 12.8. The topological polar surface area (TPSA) is 184 Å². The van der Waals surface area contributed by atoms with Crippen LogP contribution in [0.25, 0.3) is 0 Å². The van der Waals surface area contributed by atoms with E-state index in [0.717, 1.165) is 0 Å². The van der Waals surface area contributed by atoms with Gasteiger partial charge in [0.2, 0.25) is 0 Å². The van der Waals surface area contributed by atoms with Gasteiger partial charge < -0.3 is 43.9 Å². The Balaban J connectivity index is 1.58. The van der Waals surface area contributed by atoms with Gasteiger partial charge in [-0.25, -0.2) is 0 Å². The third-order valence-electron chi connectivity index (χ3n) is 7.52. The molecule has 3 N–H and O–H groups in total. The number of hydrogen-bond donors (Lipinski definition) is 3. The number of carbonyl (C=O) groups is 3. The molecule has 0 atom stereocenters. The standard InChI is InChI=1S/C33H45N7O9/c1-47-19-16-38-10-4-25(22-28(38)41)31(44)34-7-13-37(14-8-35-32(45)26-5-11-39(17-20-48-2)29(42)23-26)15-9-36-33(46)27-6-12-40(18-21-49-3)30(43)24-27/h4-6,10-12,22-24H,7-9,13-21H2,1-3H3,(H,34,44)(H,35,45)(H,36,46). The number of ether oxygens (including phenoxy) is 3. The Morgan fingerprint density at radius 2 is 0.837 bits per heavy atom. The number of nitrogens with one attached hydrogen (secondary N) is 3. The Labute approximate surface area is 283 Å². The van der Waals surface area contributed by atoms with Gasteiger partial charge in [-0.1, -0.05) is 0 Å². The van der Waals surface area contributed by atoms with Gasteiger partial charge in [-0.05, 0) is 18.2 Å². The average molecular weight is 684 g/mol. The normalized spacial score (nSPS) is 11.0. The van der Waals surface area contributed by atoms with Crippen molar-refractivity contribution < 1.29 is 28.6 Å². The number of aromatic nitrogens is 3. The number of nitrogens with zero attached hydrogens (tertiary/aromatic N) is 4. The first-order valence-corrected chi connectivity index (χ1v) is 15.8. The van der Waals surface area contributed by atoms with Crippen LogP contribution >= 0.6 is 0 Å². The van der Waals surface area contributed by atoms with Crippen LogP contribution in [0, 0.1) is 0 Å². The summed E-state index contributed by atoms with van der Waals surface area (Å²) in [7, 11) is 4.61. The van der Waals surface area contributed by atoms with Crippen LogP contribution in [-0.2, 0) is 33.8 Å². The predicted molar refractivity (Wildman–Crippen MR) is 181 cm³/mol. The molecule has 16 heteroatoms. The summed E-state index contributed by atoms with van der Waals surface area (Å²) in [6.45, 7) is 3.90. The average Bonchev–Trinajstić information content (AvgIpc) is 3.09. The highest BCUT2D eigenvalue weighted by Crippen LogP contribution is 1.99. The van der Waals surface area contributed by atoms with Gasteiger partial charge in [-0.15, -0.1) is 0 Å². The molecule has 0 aromatic carbocycles. The molecule has 0 radical (unpaired) electrons. The molecule has 49 heavy (non-hydrogen) atoms. The quantitative estimate of drug-likeness (QED) is 0.126. The van der Waals surface area contributed by atoms with E-state index in [4.69, 9.17) is 14.2 Å². The van der Waals surface area contributed by atoms with Crippen molar-refractivity contribution >= 4 is 17.7 Å². The molecule has 0 aliphatic rings. The minimum absolute atomic E-state index is 0.215. The molecule has 3 heterocycles. The van der Waals surface area contributed by atoms with Gasteiger partial charge in [-0.2, -0.15) is 0 Å². The zero-order valence-electron chi connectivity index (χ0n) is 28.1. The summed E-state index contributed by atoms with van der Waals surface area (Å²) in [6, 6.07) is 8.46. The van der Waals surface area contributed by atoms with Crippen molar-refractivity contribution in [2.24, 2.45) is 0 Å². The van der Waals surface area contributed by atoms with Gasteiger partial charge in [0.1, 0.15) is 0 Å². The summed E-state index contributed by atoms with van der Waals surface area (Å²) in [5.41, 5.74) is -0.304. The maximum Gasteiger partial charge on any atom is 0.251 e. The molecule has 0 unspecified atom stereocenters. The fourth-order valence-electron chi connectivity index (χ4n) is 4.69. The number of rotatable bonds is 21. The van der Waals surface area contributed by atoms with Gasteiger partial charge in [0.15, 0.2) is 0 Å². The summed E-state index contributed by atoms with van der Waals surface area (Å²) < 4.78 is 19.3. The first-order chi connectivity index (χ1) is 23.7. The van der Waals surface area contributed by atoms with E-state index in [1.807, 2.05) is 4.90 Å². The molecule has 0 saturated heterocycles. The van der Waals surface area contributed by atoms with Crippen molar-refractivity contribution in [2.75, 3.05) is 80.4 Å². The largest absolute Gasteiger partial charge is 0.383 e. The Hall–Kier alpha value is -4.90. The molecule has 3 aromatic rings. The first kappa shape index (κ1) is 38.5. The van der Waals surface area contributed by atoms with Gasteiger partial charge in [-0.3, -0.25) is 33.7 Å². The second-order valence-corrected chi connectivity index (χ2v) is 10.9. The van der Waals surface area contributed by atoms with Crippen molar-refractivity contribution in [3.63, 3.8) is 0 Å². The molecule has 0 spiro atoms. The third-order valence-corrected chi connectivity index (χ3v) is 7.52. The number of pyridine rings is 3. The van der Waals surface area contributed by atoms with Gasteiger partial charge in [0.25, 0.3) is 34.4 Å². The summed E-state index contributed by atoms with van der Waals surface area (Å²) >= 11 is 0. The van der Waals surface area contributed by atoms with E-state index in [-0.39, 0.29) is 53.0 Å². The number of methoxy groups -OCH3 is 3. The monoisotopic (exact) mass is 683 g/mol. The lowest BCUT2D eigenvalue weighted by Gasteiger charge is -2.23. The molecule has 0 fully saturated rings. The second kappa shape index (κ2) is 20.5. The molecule has 0 aliphatic heterocycles. The molecular weight excluding hydrogens is 638 g/mol. The first-order valence-electron chi connectivity index (χ1n) is 15.8. The molecule has 0 bridgehead atoms. The molecule has 3 amide bonds. The summed E-state index contributed by atoms with van der Waals surface area (Å²) in [5, 5.41) is 8.40. The molecule has 0 saturated carbocycles. The van der Waals surface area contributed by atoms with Crippen LogP contribution in [0.4, 0.5) is 0 Å². The second-order valence-electron chi connectivity index (χ2n) is 10.9. The molecular formula is C33H45N7O9. The van der Waals surface area contributed by atoms with Crippen LogP contribution in [0.3, 0.4) is 0 Å². The lowest BCUT2D eigenvalue weighted by atomic mass is 10.2. The SMILES string of the molecule is COCCn1ccc(C(=O)NCCN(CCNC(=O)c2ccn(CCOC)c(=O)c2)CCNC(=O)c2ccn(CCOC)c(=O)c2)cc1=O. The summed E-state index contributed by atoms with van der Waals surface area (Å²) in [4.78, 5) is 77.2. The van der Waals surface area contributed by atoms with Crippen molar-refractivity contribution in [1.82, 2.24) is 34.6 Å². The zero-order valence-corrected chi connectivity index (χ0v) is 28.1. The molecule has 16 nitrogen and oxygen atoms in total. The van der Waals surface area contributed by atoms with E-state index >= 15 is 0 Å². The highest BCUT2D eigenvalue weighted by Gasteiger charge is 2.13. The third kappa shape index (κ3) is 12.6. The van der Waals surface area contributed by atoms with Crippen molar-refractivity contribution in [3.8, 4) is 0 Å². The number of amides is 3. The van der Waals surface area contributed by atoms with E-state index in [2.05, 4.69) is 16.0 Å². The summed E-state index contributed by atoms with van der Waals surface area (Å²) in [5.74, 6) is -1.26. The van der Waals surface area contributed by atoms with Crippen molar-refractivity contribution in [2.45, 2.75) is 19.6 Å². The molecule has 0 aliphatic carbocycles. The maximum absolute atomic E-state index is 12.8. The highest BCUT2D eigenvalue weighted by atomic mass is 16.5. The van der Waals surface area contributed by atoms with Crippen molar-refractivity contribution in [3.05, 3.63) is 103 Å². The lowest BCUT2D eigenvalue weighted by molar-refractivity contribution is 0.0948. The minimum atomic E-state index is -0.419. The molecule has 266 valence electrons. The van der Waals surface area contributed by atoms with E-state index in [9.17, 15) is 28.8 Å². The van der Waals surface area contributed by atoms with Crippen LogP contribution in [0.2, 0.25) is 0 Å². The lowest BCUT2D eigenvalue weighted by Crippen LogP contribution is -2.43. The smallest absolute Gasteiger partial charge is 0.251 e. The van der Waals surface area contributed by atoms with Crippen molar-refractivity contribution in [1.29, 1.82) is 0 Å². The zero-order chi connectivity index (χ0) is 35.6. The fourth-order valence-corrected chi connectivity index (χ4v) is 4.69. The summed E-state index contributed by atoms with van der Waals surface area (Å²) in [6.07, 6.45) is 4.62. The van der Waals surface area contributed by atoms with Gasteiger partial charge in [0, 0.05) is 134 Å². The number of carbonyl (C=O) groups excluding carboxylic acids is 3. The van der Waals surface area contributed by atoms with Crippen LogP contribution in [0.1, 0.15) is 31.1 Å². The predicted octanol–water partition coefficient (Wildman–Crippen LogP) is -0.997. The van der Waals surface area contributed by atoms with E-state index in [1.54, 1.807) is 18.2 Å². The van der Waals surface area contributed by atoms with Crippen LogP contribution in [0.5, 0.6) is 0 Å². The van der Waals surface area contributed by atoms with Crippen LogP contribution in [-0.4, -0.2) is 117 Å². The van der Waals surface area contributed by atoms with E-state index in [1.165, 1.54) is 71.8 Å². The highest BCUT2D eigenvalue weighted by molar-refractivity contribution is 5.95. The van der Waals surface area contributed by atoms with E-state index < -0.39 is 17.7 Å². The van der Waals surface area contributed by atoms with Crippen LogP contribution in [0.15, 0.2) is 69.4 Å². The Kier molecular flexibility index (Phi) is 16.1. The molecule has 3 rings (SSSR count). The fraction of sp³-hybridized carbons (Fsp3) is 0.455. The Morgan fingerprint density at radius 1 is 0.551 bits per heavy atom. The van der Waals surface area contributed by atoms with Crippen LogP contribution < -0.4 is 32.6 Å². The molecule has 3 aromatic heterocycles. The minimum Gasteiger partial charge on any atom is -0.383 e. The van der Waals surface area contributed by atoms with E-state index in [0.29, 0.717) is 59.1 Å².